The molecule has 3 N–H and O–H groups in total. The number of hydrogen-bond donors (Lipinski definition) is 2. The van der Waals surface area contributed by atoms with Crippen LogP contribution >= 0.6 is 0 Å². The number of nitrogens with two attached hydrogens (primary N) is 1. The van der Waals surface area contributed by atoms with Crippen molar-refractivity contribution in [2.45, 2.75) is 32.4 Å². The molecule has 0 aliphatic rings. The number of aryl methyl sites for hydroxylation is 1. The first-order valence-corrected chi connectivity index (χ1v) is 6.22. The maximum absolute atomic E-state index is 5.65. The Bertz CT molecular complexity index is 465. The van der Waals surface area contributed by atoms with E-state index in [0.29, 0.717) is 0 Å². The first kappa shape index (κ1) is 12.7. The minimum Gasteiger partial charge on any atom is -0.334 e. The number of imidazole rings is 1. The standard InChI is InChI=1S/C13H19N5/c1-2-8-18-9-7-16-13(18)12(17-14)10-11-5-3-4-6-15-11/h3-7,9,12,17H,2,8,10,14H2,1H3. The number of hydrogen-bond acceptors (Lipinski definition) is 4. The van der Waals surface area contributed by atoms with Crippen LogP contribution in [0.4, 0.5) is 0 Å². The highest BCUT2D eigenvalue weighted by molar-refractivity contribution is 5.09. The number of pyridine rings is 1. The average Bonchev–Trinajstić information content (AvgIpc) is 2.86. The van der Waals surface area contributed by atoms with Gasteiger partial charge in [0, 0.05) is 37.3 Å². The van der Waals surface area contributed by atoms with Crippen LogP contribution in [0.15, 0.2) is 36.8 Å². The van der Waals surface area contributed by atoms with Crippen LogP contribution < -0.4 is 11.3 Å². The zero-order valence-electron chi connectivity index (χ0n) is 10.6. The molecular formula is C13H19N5. The summed E-state index contributed by atoms with van der Waals surface area (Å²) in [5, 5.41) is 0. The molecule has 0 aromatic carbocycles. The monoisotopic (exact) mass is 245 g/mol. The van der Waals surface area contributed by atoms with E-state index in [9.17, 15) is 0 Å². The van der Waals surface area contributed by atoms with Crippen molar-refractivity contribution in [1.29, 1.82) is 0 Å². The summed E-state index contributed by atoms with van der Waals surface area (Å²) in [7, 11) is 0. The maximum atomic E-state index is 5.65. The van der Waals surface area contributed by atoms with Gasteiger partial charge in [-0.1, -0.05) is 13.0 Å². The fourth-order valence-corrected chi connectivity index (χ4v) is 2.01. The summed E-state index contributed by atoms with van der Waals surface area (Å²) in [6, 6.07) is 5.87. The molecule has 5 heteroatoms. The first-order chi connectivity index (χ1) is 8.85. The summed E-state index contributed by atoms with van der Waals surface area (Å²) in [4.78, 5) is 8.71. The van der Waals surface area contributed by atoms with E-state index in [1.807, 2.05) is 30.6 Å². The molecule has 96 valence electrons. The van der Waals surface area contributed by atoms with Crippen LogP contribution in [0.25, 0.3) is 0 Å². The van der Waals surface area contributed by atoms with Crippen molar-refractivity contribution in [3.63, 3.8) is 0 Å². The molecule has 2 rings (SSSR count). The van der Waals surface area contributed by atoms with Crippen LogP contribution in [-0.4, -0.2) is 14.5 Å². The van der Waals surface area contributed by atoms with E-state index in [4.69, 9.17) is 5.84 Å². The summed E-state index contributed by atoms with van der Waals surface area (Å²) in [6.07, 6.45) is 7.40. The van der Waals surface area contributed by atoms with Gasteiger partial charge in [-0.05, 0) is 18.6 Å². The zero-order chi connectivity index (χ0) is 12.8. The highest BCUT2D eigenvalue weighted by Gasteiger charge is 2.16. The first-order valence-electron chi connectivity index (χ1n) is 6.22. The van der Waals surface area contributed by atoms with E-state index in [1.165, 1.54) is 0 Å². The van der Waals surface area contributed by atoms with Crippen molar-refractivity contribution in [1.82, 2.24) is 20.0 Å². The molecule has 18 heavy (non-hydrogen) atoms. The Kier molecular flexibility index (Phi) is 4.44. The molecule has 0 radical (unpaired) electrons. The topological polar surface area (TPSA) is 68.8 Å². The van der Waals surface area contributed by atoms with Gasteiger partial charge in [0.05, 0.1) is 6.04 Å². The van der Waals surface area contributed by atoms with Crippen molar-refractivity contribution >= 4 is 0 Å². The van der Waals surface area contributed by atoms with Crippen molar-refractivity contribution in [3.8, 4) is 0 Å². The lowest BCUT2D eigenvalue weighted by Gasteiger charge is -2.16. The highest BCUT2D eigenvalue weighted by Crippen LogP contribution is 2.15. The molecule has 2 aromatic heterocycles. The van der Waals surface area contributed by atoms with Gasteiger partial charge in [0.25, 0.3) is 0 Å². The van der Waals surface area contributed by atoms with Crippen LogP contribution in [0, 0.1) is 0 Å². The van der Waals surface area contributed by atoms with Crippen LogP contribution in [0.1, 0.15) is 30.9 Å². The Hall–Kier alpha value is -1.72. The Morgan fingerprint density at radius 1 is 1.33 bits per heavy atom. The van der Waals surface area contributed by atoms with E-state index < -0.39 is 0 Å². The van der Waals surface area contributed by atoms with Crippen LogP contribution in [0.5, 0.6) is 0 Å². The molecule has 0 aliphatic carbocycles. The average molecular weight is 245 g/mol. The van der Waals surface area contributed by atoms with Crippen LogP contribution in [0.2, 0.25) is 0 Å². The van der Waals surface area contributed by atoms with Gasteiger partial charge in [-0.2, -0.15) is 0 Å². The summed E-state index contributed by atoms with van der Waals surface area (Å²) >= 11 is 0. The smallest absolute Gasteiger partial charge is 0.127 e. The lowest BCUT2D eigenvalue weighted by atomic mass is 10.1. The van der Waals surface area contributed by atoms with Crippen molar-refractivity contribution in [2.24, 2.45) is 5.84 Å². The second kappa shape index (κ2) is 6.28. The lowest BCUT2D eigenvalue weighted by molar-refractivity contribution is 0.484. The van der Waals surface area contributed by atoms with Gasteiger partial charge in [-0.15, -0.1) is 0 Å². The van der Waals surface area contributed by atoms with E-state index in [-0.39, 0.29) is 6.04 Å². The fourth-order valence-electron chi connectivity index (χ4n) is 2.01. The van der Waals surface area contributed by atoms with E-state index in [0.717, 1.165) is 30.9 Å². The Labute approximate surface area is 107 Å². The fraction of sp³-hybridized carbons (Fsp3) is 0.385. The number of hydrazine groups is 1. The van der Waals surface area contributed by atoms with E-state index in [1.54, 1.807) is 6.20 Å². The van der Waals surface area contributed by atoms with Crippen molar-refractivity contribution in [3.05, 3.63) is 48.3 Å². The van der Waals surface area contributed by atoms with Gasteiger partial charge >= 0.3 is 0 Å². The maximum Gasteiger partial charge on any atom is 0.127 e. The largest absolute Gasteiger partial charge is 0.334 e. The molecule has 0 amide bonds. The lowest BCUT2D eigenvalue weighted by Crippen LogP contribution is -2.32. The number of rotatable bonds is 6. The number of nitrogens with one attached hydrogen (secondary N) is 1. The second-order valence-electron chi connectivity index (χ2n) is 4.22. The zero-order valence-corrected chi connectivity index (χ0v) is 10.6. The normalized spacial score (nSPS) is 12.6. The highest BCUT2D eigenvalue weighted by atomic mass is 15.3. The van der Waals surface area contributed by atoms with E-state index in [2.05, 4.69) is 26.9 Å². The molecule has 2 heterocycles. The quantitative estimate of drug-likeness (QED) is 0.597. The van der Waals surface area contributed by atoms with E-state index >= 15 is 0 Å². The third-order valence-corrected chi connectivity index (χ3v) is 2.86. The van der Waals surface area contributed by atoms with Crippen LogP contribution in [0.3, 0.4) is 0 Å². The third kappa shape index (κ3) is 2.94. The van der Waals surface area contributed by atoms with Gasteiger partial charge in [0.2, 0.25) is 0 Å². The molecule has 0 bridgehead atoms. The summed E-state index contributed by atoms with van der Waals surface area (Å²) in [5.41, 5.74) is 3.83. The van der Waals surface area contributed by atoms with Gasteiger partial charge in [-0.25, -0.2) is 10.4 Å². The molecule has 0 aliphatic heterocycles. The van der Waals surface area contributed by atoms with Crippen LogP contribution in [-0.2, 0) is 13.0 Å². The molecule has 5 nitrogen and oxygen atoms in total. The van der Waals surface area contributed by atoms with Gasteiger partial charge in [-0.3, -0.25) is 10.8 Å². The summed E-state index contributed by atoms with van der Waals surface area (Å²) < 4.78 is 2.13. The number of aromatic nitrogens is 3. The van der Waals surface area contributed by atoms with Gasteiger partial charge < -0.3 is 4.57 Å². The summed E-state index contributed by atoms with van der Waals surface area (Å²) in [5.74, 6) is 6.61. The Balaban J connectivity index is 2.15. The molecule has 1 atom stereocenters. The minimum atomic E-state index is -0.0125. The predicted octanol–water partition coefficient (Wildman–Crippen LogP) is 1.44. The molecule has 2 aromatic rings. The second-order valence-corrected chi connectivity index (χ2v) is 4.22. The molecule has 0 saturated carbocycles. The molecule has 1 unspecified atom stereocenters. The molecule has 0 fully saturated rings. The minimum absolute atomic E-state index is 0.0125. The number of nitrogens with zero attached hydrogens (tertiary/aromatic N) is 3. The van der Waals surface area contributed by atoms with Gasteiger partial charge in [0.1, 0.15) is 5.82 Å². The molecular weight excluding hydrogens is 226 g/mol. The molecule has 0 saturated heterocycles. The predicted molar refractivity (Wildman–Crippen MR) is 70.5 cm³/mol. The van der Waals surface area contributed by atoms with Crippen molar-refractivity contribution < 1.29 is 0 Å². The SMILES string of the molecule is CCCn1ccnc1C(Cc1ccccn1)NN. The third-order valence-electron chi connectivity index (χ3n) is 2.86. The Morgan fingerprint density at radius 2 is 2.22 bits per heavy atom. The van der Waals surface area contributed by atoms with Crippen molar-refractivity contribution in [2.75, 3.05) is 0 Å². The molecule has 0 spiro atoms. The Morgan fingerprint density at radius 3 is 2.89 bits per heavy atom. The summed E-state index contributed by atoms with van der Waals surface area (Å²) in [6.45, 7) is 3.10. The van der Waals surface area contributed by atoms with Gasteiger partial charge in [0.15, 0.2) is 0 Å².